The number of benzene rings is 1. The van der Waals surface area contributed by atoms with E-state index in [1.165, 1.54) is 29.0 Å². The molecule has 0 radical (unpaired) electrons. The molecule has 0 saturated carbocycles. The Bertz CT molecular complexity index is 864. The van der Waals surface area contributed by atoms with Crippen molar-refractivity contribution in [3.63, 3.8) is 0 Å². The molecular weight excluding hydrogens is 398 g/mol. The lowest BCUT2D eigenvalue weighted by molar-refractivity contribution is -0.140. The number of thiazole rings is 1. The number of hydrogen-bond donors (Lipinski definition) is 1. The lowest BCUT2D eigenvalue weighted by Gasteiger charge is -2.20. The van der Waals surface area contributed by atoms with Gasteiger partial charge in [0.05, 0.1) is 24.7 Å². The van der Waals surface area contributed by atoms with E-state index in [-0.39, 0.29) is 5.97 Å². The van der Waals surface area contributed by atoms with E-state index in [0.29, 0.717) is 18.7 Å². The Balaban J connectivity index is 1.87. The third kappa shape index (κ3) is 6.49. The van der Waals surface area contributed by atoms with Crippen LogP contribution in [-0.2, 0) is 19.6 Å². The number of methoxy groups -OCH3 is 1. The molecule has 2 rings (SSSR count). The molecule has 1 N–H and O–H groups in total. The van der Waals surface area contributed by atoms with Crippen LogP contribution in [0.15, 0.2) is 29.6 Å². The van der Waals surface area contributed by atoms with Crippen molar-refractivity contribution in [2.75, 3.05) is 36.1 Å². The van der Waals surface area contributed by atoms with Gasteiger partial charge in [-0.2, -0.15) is 0 Å². The third-order valence-electron chi connectivity index (χ3n) is 4.20. The Kier molecular flexibility index (Phi) is 8.25. The van der Waals surface area contributed by atoms with Gasteiger partial charge in [0.1, 0.15) is 0 Å². The monoisotopic (exact) mass is 425 g/mol. The Morgan fingerprint density at radius 1 is 1.21 bits per heavy atom. The Labute approximate surface area is 170 Å². The summed E-state index contributed by atoms with van der Waals surface area (Å²) in [6.45, 7) is 3.00. The van der Waals surface area contributed by atoms with Crippen molar-refractivity contribution < 1.29 is 17.9 Å². The highest BCUT2D eigenvalue weighted by Crippen LogP contribution is 2.27. The Hall–Kier alpha value is -2.13. The van der Waals surface area contributed by atoms with Crippen LogP contribution < -0.4 is 9.62 Å². The lowest BCUT2D eigenvalue weighted by Crippen LogP contribution is -2.29. The van der Waals surface area contributed by atoms with Crippen LogP contribution in [0.1, 0.15) is 32.6 Å². The zero-order chi connectivity index (χ0) is 20.6. The normalized spacial score (nSPS) is 11.2. The summed E-state index contributed by atoms with van der Waals surface area (Å²) in [5, 5.41) is 6.12. The first-order valence-corrected chi connectivity index (χ1v) is 11.9. The quantitative estimate of drug-likeness (QED) is 0.436. The number of sulfonamides is 1. The highest BCUT2D eigenvalue weighted by molar-refractivity contribution is 7.92. The summed E-state index contributed by atoms with van der Waals surface area (Å²) in [4.78, 5) is 15.6. The molecule has 1 heterocycles. The Morgan fingerprint density at radius 2 is 1.93 bits per heavy atom. The molecule has 0 aliphatic rings. The minimum Gasteiger partial charge on any atom is -0.469 e. The highest BCUT2D eigenvalue weighted by atomic mass is 32.2. The van der Waals surface area contributed by atoms with Crippen molar-refractivity contribution >= 4 is 38.1 Å². The molecule has 0 amide bonds. The molecule has 0 saturated heterocycles. The van der Waals surface area contributed by atoms with Crippen molar-refractivity contribution in [3.8, 4) is 11.3 Å². The van der Waals surface area contributed by atoms with E-state index in [0.717, 1.165) is 42.2 Å². The molecule has 0 spiro atoms. The maximum absolute atomic E-state index is 11.8. The summed E-state index contributed by atoms with van der Waals surface area (Å²) >= 11 is 1.53. The van der Waals surface area contributed by atoms with Crippen LogP contribution in [-0.4, -0.2) is 45.8 Å². The second-order valence-corrected chi connectivity index (χ2v) is 9.09. The number of carbonyl (C=O) groups is 1. The zero-order valence-electron chi connectivity index (χ0n) is 16.5. The molecular formula is C19H27N3O4S2. The predicted octanol–water partition coefficient (Wildman–Crippen LogP) is 3.74. The second-order valence-electron chi connectivity index (χ2n) is 6.33. The molecule has 0 unspecified atom stereocenters. The van der Waals surface area contributed by atoms with E-state index < -0.39 is 10.0 Å². The van der Waals surface area contributed by atoms with Crippen LogP contribution in [0, 0.1) is 0 Å². The first kappa shape index (κ1) is 22.2. The van der Waals surface area contributed by atoms with Gasteiger partial charge in [0, 0.05) is 30.5 Å². The van der Waals surface area contributed by atoms with E-state index in [1.807, 2.05) is 24.4 Å². The number of carbonyl (C=O) groups excluding carboxylic acids is 1. The van der Waals surface area contributed by atoms with Gasteiger partial charge in [0.2, 0.25) is 10.0 Å². The van der Waals surface area contributed by atoms with Gasteiger partial charge in [0.15, 0.2) is 5.13 Å². The number of hydrogen-bond acceptors (Lipinski definition) is 7. The first-order chi connectivity index (χ1) is 13.3. The summed E-state index contributed by atoms with van der Waals surface area (Å²) in [6, 6.07) is 7.37. The maximum Gasteiger partial charge on any atom is 0.305 e. The van der Waals surface area contributed by atoms with Gasteiger partial charge in [-0.25, -0.2) is 13.4 Å². The second kappa shape index (κ2) is 10.4. The number of nitrogens with one attached hydrogen (secondary N) is 1. The number of anilines is 2. The minimum atomic E-state index is -3.28. The van der Waals surface area contributed by atoms with Crippen LogP contribution in [0.25, 0.3) is 11.3 Å². The average molecular weight is 426 g/mol. The van der Waals surface area contributed by atoms with E-state index >= 15 is 0 Å². The topological polar surface area (TPSA) is 88.6 Å². The van der Waals surface area contributed by atoms with Crippen molar-refractivity contribution in [2.45, 2.75) is 32.6 Å². The van der Waals surface area contributed by atoms with Gasteiger partial charge in [-0.3, -0.25) is 9.10 Å². The molecule has 154 valence electrons. The number of unbranched alkanes of at least 4 members (excludes halogenated alkanes) is 2. The third-order valence-corrected chi connectivity index (χ3v) is 6.27. The molecule has 1 aromatic heterocycles. The van der Waals surface area contributed by atoms with Crippen molar-refractivity contribution in [1.29, 1.82) is 0 Å². The summed E-state index contributed by atoms with van der Waals surface area (Å²) in [5.41, 5.74) is 2.44. The summed E-state index contributed by atoms with van der Waals surface area (Å²) in [6.07, 6.45) is 4.40. The van der Waals surface area contributed by atoms with Crippen molar-refractivity contribution in [3.05, 3.63) is 29.6 Å². The molecule has 0 aliphatic heterocycles. The fourth-order valence-corrected chi connectivity index (χ4v) is 4.49. The molecule has 9 heteroatoms. The van der Waals surface area contributed by atoms with Crippen LogP contribution in [0.3, 0.4) is 0 Å². The smallest absolute Gasteiger partial charge is 0.305 e. The van der Waals surface area contributed by atoms with Gasteiger partial charge < -0.3 is 10.1 Å². The largest absolute Gasteiger partial charge is 0.469 e. The molecule has 0 aliphatic carbocycles. The fourth-order valence-electron chi connectivity index (χ4n) is 2.76. The molecule has 0 atom stereocenters. The minimum absolute atomic E-state index is 0.165. The number of ether oxygens (including phenoxy) is 1. The molecule has 1 aromatic carbocycles. The van der Waals surface area contributed by atoms with Gasteiger partial charge in [-0.1, -0.05) is 18.6 Å². The Morgan fingerprint density at radius 3 is 2.54 bits per heavy atom. The van der Waals surface area contributed by atoms with Crippen molar-refractivity contribution in [2.24, 2.45) is 0 Å². The van der Waals surface area contributed by atoms with E-state index in [4.69, 9.17) is 0 Å². The fraction of sp³-hybridized carbons (Fsp3) is 0.474. The van der Waals surface area contributed by atoms with Gasteiger partial charge >= 0.3 is 5.97 Å². The highest BCUT2D eigenvalue weighted by Gasteiger charge is 2.15. The van der Waals surface area contributed by atoms with E-state index in [2.05, 4.69) is 15.0 Å². The number of nitrogens with zero attached hydrogens (tertiary/aromatic N) is 2. The van der Waals surface area contributed by atoms with Crippen LogP contribution >= 0.6 is 11.3 Å². The molecule has 0 fully saturated rings. The van der Waals surface area contributed by atoms with E-state index in [9.17, 15) is 13.2 Å². The van der Waals surface area contributed by atoms with Crippen molar-refractivity contribution in [1.82, 2.24) is 4.98 Å². The number of esters is 1. The van der Waals surface area contributed by atoms with Crippen LogP contribution in [0.4, 0.5) is 10.8 Å². The lowest BCUT2D eigenvalue weighted by atomic mass is 10.1. The zero-order valence-corrected chi connectivity index (χ0v) is 18.1. The van der Waals surface area contributed by atoms with Gasteiger partial charge in [-0.05, 0) is 31.9 Å². The predicted molar refractivity (Wildman–Crippen MR) is 114 cm³/mol. The summed E-state index contributed by atoms with van der Waals surface area (Å²) in [7, 11) is -1.88. The molecule has 2 aromatic rings. The first-order valence-electron chi connectivity index (χ1n) is 9.19. The average Bonchev–Trinajstić information content (AvgIpc) is 3.13. The van der Waals surface area contributed by atoms with E-state index in [1.54, 1.807) is 12.1 Å². The number of rotatable bonds is 11. The maximum atomic E-state index is 11.8. The van der Waals surface area contributed by atoms with Crippen LogP contribution in [0.2, 0.25) is 0 Å². The summed E-state index contributed by atoms with van der Waals surface area (Å²) < 4.78 is 29.6. The SMILES string of the molecule is CCN(c1ccc(-c2csc(NCCCCCC(=O)OC)n2)cc1)S(C)(=O)=O. The standard InChI is InChI=1S/C19H27N3O4S2/c1-4-22(28(3,24)25)16-11-9-15(10-12-16)17-14-27-19(21-17)20-13-7-5-6-8-18(23)26-2/h9-12,14H,4-8,13H2,1-3H3,(H,20,21). The van der Waals surface area contributed by atoms with Gasteiger partial charge in [-0.15, -0.1) is 11.3 Å². The number of aromatic nitrogens is 1. The van der Waals surface area contributed by atoms with Crippen LogP contribution in [0.5, 0.6) is 0 Å². The molecule has 28 heavy (non-hydrogen) atoms. The molecule has 7 nitrogen and oxygen atoms in total. The van der Waals surface area contributed by atoms with Gasteiger partial charge in [0.25, 0.3) is 0 Å². The summed E-state index contributed by atoms with van der Waals surface area (Å²) in [5.74, 6) is -0.165. The molecule has 0 bridgehead atoms.